The fourth-order valence-corrected chi connectivity index (χ4v) is 1.80. The monoisotopic (exact) mass is 266 g/mol. The second kappa shape index (κ2) is 15.0. The molecule has 0 amide bonds. The third-order valence-corrected chi connectivity index (χ3v) is 2.91. The van der Waals surface area contributed by atoms with Crippen LogP contribution in [0, 0.1) is 0 Å². The highest BCUT2D eigenvalue weighted by Crippen LogP contribution is 2.07. The molecule has 0 aromatic rings. The molecule has 0 aliphatic rings. The van der Waals surface area contributed by atoms with Crippen molar-refractivity contribution in [2.45, 2.75) is 71.6 Å². The molecule has 0 atom stereocenters. The molecule has 0 aromatic carbocycles. The van der Waals surface area contributed by atoms with Crippen molar-refractivity contribution in [1.29, 1.82) is 0 Å². The molecular weight excluding hydrogens is 236 g/mol. The minimum absolute atomic E-state index is 0.167. The topological polar surface area (TPSA) is 26.3 Å². The first-order chi connectivity index (χ1) is 9.27. The maximum Gasteiger partial charge on any atom is 0.302 e. The number of rotatable bonds is 12. The summed E-state index contributed by atoms with van der Waals surface area (Å²) in [6, 6.07) is 0. The molecule has 0 heterocycles. The SMILES string of the molecule is CCCC=CC=CCCCCCCCCOC(C)=O. The zero-order valence-corrected chi connectivity index (χ0v) is 12.7. The van der Waals surface area contributed by atoms with Crippen molar-refractivity contribution < 1.29 is 9.53 Å². The maximum absolute atomic E-state index is 10.5. The van der Waals surface area contributed by atoms with E-state index in [0.717, 1.165) is 6.42 Å². The number of hydrogen-bond acceptors (Lipinski definition) is 2. The van der Waals surface area contributed by atoms with Crippen molar-refractivity contribution in [3.05, 3.63) is 24.3 Å². The fourth-order valence-electron chi connectivity index (χ4n) is 1.80. The van der Waals surface area contributed by atoms with Gasteiger partial charge in [-0.3, -0.25) is 4.79 Å². The zero-order valence-electron chi connectivity index (χ0n) is 12.7. The van der Waals surface area contributed by atoms with Gasteiger partial charge in [-0.1, -0.05) is 63.3 Å². The van der Waals surface area contributed by atoms with Crippen molar-refractivity contribution in [2.24, 2.45) is 0 Å². The lowest BCUT2D eigenvalue weighted by Crippen LogP contribution is -1.99. The number of carbonyl (C=O) groups is 1. The molecule has 19 heavy (non-hydrogen) atoms. The molecule has 0 aliphatic carbocycles. The molecule has 0 N–H and O–H groups in total. The van der Waals surface area contributed by atoms with Crippen LogP contribution >= 0.6 is 0 Å². The lowest BCUT2D eigenvalue weighted by Gasteiger charge is -2.01. The van der Waals surface area contributed by atoms with Crippen LogP contribution in [0.4, 0.5) is 0 Å². The molecule has 0 aliphatic heterocycles. The Bertz CT molecular complexity index is 254. The Morgan fingerprint density at radius 2 is 1.47 bits per heavy atom. The van der Waals surface area contributed by atoms with Crippen LogP contribution in [0.3, 0.4) is 0 Å². The molecule has 0 saturated carbocycles. The summed E-state index contributed by atoms with van der Waals surface area (Å²) < 4.78 is 4.89. The van der Waals surface area contributed by atoms with E-state index in [1.165, 1.54) is 58.3 Å². The Hall–Kier alpha value is -1.05. The molecule has 0 fully saturated rings. The molecule has 110 valence electrons. The van der Waals surface area contributed by atoms with Gasteiger partial charge >= 0.3 is 5.97 Å². The highest BCUT2D eigenvalue weighted by Gasteiger charge is 1.93. The van der Waals surface area contributed by atoms with Gasteiger partial charge in [-0.2, -0.15) is 0 Å². The summed E-state index contributed by atoms with van der Waals surface area (Å²) in [7, 11) is 0. The molecule has 0 unspecified atom stereocenters. The van der Waals surface area contributed by atoms with Gasteiger partial charge in [-0.25, -0.2) is 0 Å². The number of ether oxygens (including phenoxy) is 1. The smallest absolute Gasteiger partial charge is 0.302 e. The Morgan fingerprint density at radius 1 is 0.895 bits per heavy atom. The lowest BCUT2D eigenvalue weighted by atomic mass is 10.1. The van der Waals surface area contributed by atoms with Crippen LogP contribution < -0.4 is 0 Å². The van der Waals surface area contributed by atoms with Gasteiger partial charge in [0.15, 0.2) is 0 Å². The van der Waals surface area contributed by atoms with E-state index in [0.29, 0.717) is 6.61 Å². The van der Waals surface area contributed by atoms with Crippen LogP contribution in [0.15, 0.2) is 24.3 Å². The number of unbranched alkanes of at least 4 members (excludes halogenated alkanes) is 7. The van der Waals surface area contributed by atoms with Crippen molar-refractivity contribution in [3.8, 4) is 0 Å². The Morgan fingerprint density at radius 3 is 2.11 bits per heavy atom. The van der Waals surface area contributed by atoms with Crippen LogP contribution in [-0.4, -0.2) is 12.6 Å². The molecular formula is C17H30O2. The maximum atomic E-state index is 10.5. The predicted octanol–water partition coefficient (Wildman–Crippen LogP) is 5.19. The average molecular weight is 266 g/mol. The quantitative estimate of drug-likeness (QED) is 0.276. The molecule has 2 nitrogen and oxygen atoms in total. The molecule has 0 saturated heterocycles. The molecule has 0 rings (SSSR count). The van der Waals surface area contributed by atoms with Gasteiger partial charge in [0.1, 0.15) is 0 Å². The molecule has 0 aromatic heterocycles. The zero-order chi connectivity index (χ0) is 14.2. The Kier molecular flexibility index (Phi) is 14.2. The van der Waals surface area contributed by atoms with E-state index in [-0.39, 0.29) is 5.97 Å². The molecule has 0 bridgehead atoms. The largest absolute Gasteiger partial charge is 0.466 e. The van der Waals surface area contributed by atoms with Gasteiger partial charge in [0.25, 0.3) is 0 Å². The van der Waals surface area contributed by atoms with Gasteiger partial charge in [-0.15, -0.1) is 0 Å². The average Bonchev–Trinajstić information content (AvgIpc) is 2.39. The van der Waals surface area contributed by atoms with Gasteiger partial charge < -0.3 is 4.74 Å². The van der Waals surface area contributed by atoms with E-state index in [2.05, 4.69) is 31.2 Å². The summed E-state index contributed by atoms with van der Waals surface area (Å²) in [5, 5.41) is 0. The van der Waals surface area contributed by atoms with Crippen LogP contribution in [0.5, 0.6) is 0 Å². The highest BCUT2D eigenvalue weighted by atomic mass is 16.5. The standard InChI is InChI=1S/C17H30O2/c1-3-4-5-6-7-8-9-10-11-12-13-14-15-16-19-17(2)18/h5-8H,3-4,9-16H2,1-2H3. The van der Waals surface area contributed by atoms with Crippen molar-refractivity contribution >= 4 is 5.97 Å². The van der Waals surface area contributed by atoms with E-state index < -0.39 is 0 Å². The van der Waals surface area contributed by atoms with Crippen molar-refractivity contribution in [1.82, 2.24) is 0 Å². The first-order valence-corrected chi connectivity index (χ1v) is 7.72. The van der Waals surface area contributed by atoms with E-state index in [1.54, 1.807) is 0 Å². The van der Waals surface area contributed by atoms with Gasteiger partial charge in [0.2, 0.25) is 0 Å². The number of hydrogen-bond donors (Lipinski definition) is 0. The van der Waals surface area contributed by atoms with Gasteiger partial charge in [-0.05, 0) is 25.7 Å². The van der Waals surface area contributed by atoms with E-state index in [9.17, 15) is 4.79 Å². The minimum atomic E-state index is -0.167. The summed E-state index contributed by atoms with van der Waals surface area (Å²) in [5.74, 6) is -0.167. The van der Waals surface area contributed by atoms with Crippen molar-refractivity contribution in [2.75, 3.05) is 6.61 Å². The third kappa shape index (κ3) is 16.9. The van der Waals surface area contributed by atoms with Crippen LogP contribution in [0.1, 0.15) is 71.6 Å². The van der Waals surface area contributed by atoms with Crippen LogP contribution in [0.2, 0.25) is 0 Å². The predicted molar refractivity (Wildman–Crippen MR) is 82.1 cm³/mol. The first kappa shape index (κ1) is 17.9. The van der Waals surface area contributed by atoms with E-state index in [4.69, 9.17) is 4.74 Å². The normalized spacial score (nSPS) is 11.5. The number of allylic oxidation sites excluding steroid dienone is 4. The molecule has 0 radical (unpaired) electrons. The van der Waals surface area contributed by atoms with E-state index in [1.807, 2.05) is 0 Å². The third-order valence-electron chi connectivity index (χ3n) is 2.91. The Labute approximate surface area is 118 Å². The first-order valence-electron chi connectivity index (χ1n) is 7.72. The van der Waals surface area contributed by atoms with Gasteiger partial charge in [0, 0.05) is 6.92 Å². The summed E-state index contributed by atoms with van der Waals surface area (Å²) in [4.78, 5) is 10.5. The van der Waals surface area contributed by atoms with Crippen LogP contribution in [-0.2, 0) is 9.53 Å². The Balaban J connectivity index is 3.12. The minimum Gasteiger partial charge on any atom is -0.466 e. The molecule has 0 spiro atoms. The lowest BCUT2D eigenvalue weighted by molar-refractivity contribution is -0.141. The second-order valence-electron chi connectivity index (χ2n) is 4.90. The number of carbonyl (C=O) groups excluding carboxylic acids is 1. The molecule has 2 heteroatoms. The van der Waals surface area contributed by atoms with Crippen LogP contribution in [0.25, 0.3) is 0 Å². The fraction of sp³-hybridized carbons (Fsp3) is 0.706. The summed E-state index contributed by atoms with van der Waals surface area (Å²) >= 11 is 0. The van der Waals surface area contributed by atoms with Crippen molar-refractivity contribution in [3.63, 3.8) is 0 Å². The highest BCUT2D eigenvalue weighted by molar-refractivity contribution is 5.65. The van der Waals surface area contributed by atoms with Gasteiger partial charge in [0.05, 0.1) is 6.61 Å². The summed E-state index contributed by atoms with van der Waals surface area (Å²) in [5.41, 5.74) is 0. The summed E-state index contributed by atoms with van der Waals surface area (Å²) in [6.45, 7) is 4.24. The van der Waals surface area contributed by atoms with E-state index >= 15 is 0 Å². The number of esters is 1. The second-order valence-corrected chi connectivity index (χ2v) is 4.90. The summed E-state index contributed by atoms with van der Waals surface area (Å²) in [6.07, 6.45) is 19.7.